The molecular weight excluding hydrogens is 407 g/mol. The summed E-state index contributed by atoms with van der Waals surface area (Å²) in [5, 5.41) is 42.5. The van der Waals surface area contributed by atoms with Gasteiger partial charge in [-0.2, -0.15) is 0 Å². The summed E-state index contributed by atoms with van der Waals surface area (Å²) in [5.74, 6) is 0.0693. The minimum atomic E-state index is -1.73. The molecule has 0 spiro atoms. The zero-order chi connectivity index (χ0) is 20.0. The standard InChI is InChI=1S/C18H16Cl2N4O4/c19-7-1-3-9-11(5-7)23-17(21-9)15(27)13(25)14(26)16(28)18-22-10-4-2-8(20)6-12(10)24-18/h1-6,13-16,25-28H,(H,21,23)(H,22,24)/t13-,14+,15-,16-/m0/s1. The van der Waals surface area contributed by atoms with Gasteiger partial charge in [-0.1, -0.05) is 23.2 Å². The van der Waals surface area contributed by atoms with E-state index >= 15 is 0 Å². The molecule has 0 bridgehead atoms. The SMILES string of the molecule is O[C@H]([C@H](O)[C@H](O)c1nc2ccc(Cl)cc2[nH]1)[C@H](O)c1nc2ccc(Cl)cc2[nH]1. The molecule has 2 aromatic carbocycles. The monoisotopic (exact) mass is 422 g/mol. The summed E-state index contributed by atoms with van der Waals surface area (Å²) < 4.78 is 0. The van der Waals surface area contributed by atoms with Gasteiger partial charge < -0.3 is 30.4 Å². The van der Waals surface area contributed by atoms with Crippen molar-refractivity contribution in [2.24, 2.45) is 0 Å². The fourth-order valence-electron chi connectivity index (χ4n) is 2.98. The number of halogens is 2. The molecule has 0 saturated carbocycles. The van der Waals surface area contributed by atoms with E-state index in [0.717, 1.165) is 0 Å². The van der Waals surface area contributed by atoms with Gasteiger partial charge in [-0.3, -0.25) is 0 Å². The third-order valence-corrected chi connectivity index (χ3v) is 4.95. The number of aliphatic hydroxyl groups is 4. The van der Waals surface area contributed by atoms with Crippen LogP contribution in [0.2, 0.25) is 10.0 Å². The first-order valence-electron chi connectivity index (χ1n) is 8.36. The van der Waals surface area contributed by atoms with Crippen molar-refractivity contribution in [3.63, 3.8) is 0 Å². The number of nitrogens with one attached hydrogen (secondary N) is 2. The van der Waals surface area contributed by atoms with E-state index in [-0.39, 0.29) is 11.6 Å². The highest BCUT2D eigenvalue weighted by Crippen LogP contribution is 2.27. The van der Waals surface area contributed by atoms with Crippen molar-refractivity contribution in [3.05, 3.63) is 58.1 Å². The number of benzene rings is 2. The quantitative estimate of drug-likeness (QED) is 0.291. The molecule has 0 unspecified atom stereocenters. The second-order valence-corrected chi connectivity index (χ2v) is 7.31. The summed E-state index contributed by atoms with van der Waals surface area (Å²) >= 11 is 11.8. The number of fused-ring (bicyclic) bond motifs is 2. The smallest absolute Gasteiger partial charge is 0.140 e. The van der Waals surface area contributed by atoms with Crippen molar-refractivity contribution in [2.45, 2.75) is 24.4 Å². The molecule has 0 aliphatic carbocycles. The molecule has 0 aliphatic rings. The maximum Gasteiger partial charge on any atom is 0.140 e. The Kier molecular flexibility index (Phi) is 5.00. The zero-order valence-electron chi connectivity index (χ0n) is 14.2. The van der Waals surface area contributed by atoms with Gasteiger partial charge in [0.2, 0.25) is 0 Å². The van der Waals surface area contributed by atoms with Gasteiger partial charge in [-0.15, -0.1) is 0 Å². The summed E-state index contributed by atoms with van der Waals surface area (Å²) in [6.07, 6.45) is -6.62. The molecule has 0 aliphatic heterocycles. The molecule has 0 saturated heterocycles. The number of aliphatic hydroxyl groups excluding tert-OH is 4. The Labute approximate surface area is 168 Å². The Balaban J connectivity index is 1.56. The molecule has 0 radical (unpaired) electrons. The van der Waals surface area contributed by atoms with Gasteiger partial charge in [0.1, 0.15) is 36.1 Å². The maximum absolute atomic E-state index is 10.4. The highest BCUT2D eigenvalue weighted by molar-refractivity contribution is 6.31. The first-order chi connectivity index (χ1) is 13.3. The van der Waals surface area contributed by atoms with E-state index in [0.29, 0.717) is 32.1 Å². The lowest BCUT2D eigenvalue weighted by Gasteiger charge is -2.24. The van der Waals surface area contributed by atoms with Crippen LogP contribution in [0.4, 0.5) is 0 Å². The molecule has 4 rings (SSSR count). The first kappa shape index (κ1) is 19.1. The van der Waals surface area contributed by atoms with Crippen molar-refractivity contribution < 1.29 is 20.4 Å². The van der Waals surface area contributed by atoms with Gasteiger partial charge in [0.05, 0.1) is 22.1 Å². The molecule has 0 fully saturated rings. The average molecular weight is 423 g/mol. The lowest BCUT2D eigenvalue weighted by Crippen LogP contribution is -2.37. The minimum absolute atomic E-state index is 0.0346. The van der Waals surface area contributed by atoms with Crippen molar-refractivity contribution in [1.82, 2.24) is 19.9 Å². The maximum atomic E-state index is 10.4. The molecule has 6 N–H and O–H groups in total. The minimum Gasteiger partial charge on any atom is -0.387 e. The number of aromatic nitrogens is 4. The third-order valence-electron chi connectivity index (χ3n) is 4.48. The normalized spacial score (nSPS) is 16.4. The van der Waals surface area contributed by atoms with E-state index in [1.807, 2.05) is 0 Å². The summed E-state index contributed by atoms with van der Waals surface area (Å²) in [7, 11) is 0. The average Bonchev–Trinajstić information content (AvgIpc) is 3.28. The Morgan fingerprint density at radius 2 is 1.07 bits per heavy atom. The van der Waals surface area contributed by atoms with Crippen LogP contribution in [0.5, 0.6) is 0 Å². The predicted molar refractivity (Wildman–Crippen MR) is 104 cm³/mol. The largest absolute Gasteiger partial charge is 0.387 e. The molecule has 146 valence electrons. The first-order valence-corrected chi connectivity index (χ1v) is 9.11. The fourth-order valence-corrected chi connectivity index (χ4v) is 3.32. The summed E-state index contributed by atoms with van der Waals surface area (Å²) in [5.41, 5.74) is 2.21. The van der Waals surface area contributed by atoms with Crippen molar-refractivity contribution in [2.75, 3.05) is 0 Å². The zero-order valence-corrected chi connectivity index (χ0v) is 15.7. The van der Waals surface area contributed by atoms with Crippen LogP contribution in [0.25, 0.3) is 22.1 Å². The molecule has 0 amide bonds. The number of nitrogens with zero attached hydrogens (tertiary/aromatic N) is 2. The van der Waals surface area contributed by atoms with Crippen LogP contribution in [0.1, 0.15) is 23.9 Å². The Hall–Kier alpha value is -2.20. The van der Waals surface area contributed by atoms with Gasteiger partial charge in [-0.05, 0) is 36.4 Å². The molecule has 28 heavy (non-hydrogen) atoms. The van der Waals surface area contributed by atoms with Crippen molar-refractivity contribution in [3.8, 4) is 0 Å². The molecule has 10 heteroatoms. The highest BCUT2D eigenvalue weighted by atomic mass is 35.5. The second kappa shape index (κ2) is 7.32. The summed E-state index contributed by atoms with van der Waals surface area (Å²) in [4.78, 5) is 14.0. The summed E-state index contributed by atoms with van der Waals surface area (Å²) in [6.45, 7) is 0. The molecule has 2 aromatic heterocycles. The van der Waals surface area contributed by atoms with Gasteiger partial charge in [0.25, 0.3) is 0 Å². The van der Waals surface area contributed by atoms with Crippen LogP contribution in [-0.4, -0.2) is 52.6 Å². The molecule has 2 heterocycles. The van der Waals surface area contributed by atoms with Crippen LogP contribution < -0.4 is 0 Å². The topological polar surface area (TPSA) is 138 Å². The Morgan fingerprint density at radius 3 is 1.46 bits per heavy atom. The molecular formula is C18H16Cl2N4O4. The second-order valence-electron chi connectivity index (χ2n) is 6.44. The number of hydrogen-bond donors (Lipinski definition) is 6. The van der Waals surface area contributed by atoms with Gasteiger partial charge in [-0.25, -0.2) is 9.97 Å². The number of H-pyrrole nitrogens is 2. The summed E-state index contributed by atoms with van der Waals surface area (Å²) in [6, 6.07) is 9.84. The highest BCUT2D eigenvalue weighted by Gasteiger charge is 2.35. The van der Waals surface area contributed by atoms with Gasteiger partial charge in [0.15, 0.2) is 0 Å². The Bertz CT molecular complexity index is 1060. The van der Waals surface area contributed by atoms with Crippen molar-refractivity contribution >= 4 is 45.3 Å². The number of hydrogen-bond acceptors (Lipinski definition) is 6. The number of imidazole rings is 2. The number of aromatic amines is 2. The molecule has 4 aromatic rings. The third kappa shape index (κ3) is 3.46. The Morgan fingerprint density at radius 1 is 0.679 bits per heavy atom. The van der Waals surface area contributed by atoms with E-state index < -0.39 is 24.4 Å². The molecule has 8 nitrogen and oxygen atoms in total. The predicted octanol–water partition coefficient (Wildman–Crippen LogP) is 2.23. The molecule has 4 atom stereocenters. The lowest BCUT2D eigenvalue weighted by atomic mass is 10.0. The van der Waals surface area contributed by atoms with Crippen molar-refractivity contribution in [1.29, 1.82) is 0 Å². The van der Waals surface area contributed by atoms with Crippen LogP contribution in [0.3, 0.4) is 0 Å². The van der Waals surface area contributed by atoms with E-state index in [2.05, 4.69) is 19.9 Å². The van der Waals surface area contributed by atoms with E-state index in [1.165, 1.54) is 0 Å². The number of rotatable bonds is 5. The van der Waals surface area contributed by atoms with Crippen LogP contribution in [-0.2, 0) is 0 Å². The van der Waals surface area contributed by atoms with E-state index in [9.17, 15) is 20.4 Å². The van der Waals surface area contributed by atoms with Gasteiger partial charge in [0, 0.05) is 10.0 Å². The fraction of sp³-hybridized carbons (Fsp3) is 0.222. The van der Waals surface area contributed by atoms with Crippen LogP contribution >= 0.6 is 23.2 Å². The lowest BCUT2D eigenvalue weighted by molar-refractivity contribution is -0.111. The van der Waals surface area contributed by atoms with Gasteiger partial charge >= 0.3 is 0 Å². The van der Waals surface area contributed by atoms with E-state index in [4.69, 9.17) is 23.2 Å². The van der Waals surface area contributed by atoms with Crippen LogP contribution in [0, 0.1) is 0 Å². The van der Waals surface area contributed by atoms with E-state index in [1.54, 1.807) is 36.4 Å². The van der Waals surface area contributed by atoms with Crippen LogP contribution in [0.15, 0.2) is 36.4 Å².